The third-order valence-electron chi connectivity index (χ3n) is 10.9. The molecule has 2 heterocycles. The van der Waals surface area contributed by atoms with Crippen LogP contribution < -0.4 is 21.3 Å². The first kappa shape index (κ1) is 42.6. The molecule has 3 fully saturated rings. The second-order valence-electron chi connectivity index (χ2n) is 18.4. The number of hydrogen-bond donors (Lipinski definition) is 4. The van der Waals surface area contributed by atoms with E-state index in [2.05, 4.69) is 27.8 Å². The standard InChI is InChI=1S/C39H64N6O7/c1-12-17-40-34(50)31(48)26(19-24-14-13-15-24)41-33(49)30-25(23(2)3)16-18-44(30)35(51)32(38(7,8)9)43-36(52)42-27(37(4,5)6)22-45-28(46)20-39(10,11)21-29(45)47/h12,23-27,30,32H,1,13-22H2,2-11H3,(H,40,50)(H,41,49)(H2,42,43,52)/t25-,26?,27-,30+,32-/m1/s1. The van der Waals surface area contributed by atoms with Crippen LogP contribution in [0.5, 0.6) is 0 Å². The number of amides is 7. The molecule has 4 N–H and O–H groups in total. The van der Waals surface area contributed by atoms with Gasteiger partial charge in [-0.2, -0.15) is 0 Å². The number of nitrogens with zero attached hydrogens (tertiary/aromatic N) is 2. The number of Topliss-reactive ketones (excluding diaryl/α,β-unsaturated/α-hetero) is 1. The van der Waals surface area contributed by atoms with Crippen LogP contribution in [0, 0.1) is 34.0 Å². The van der Waals surface area contributed by atoms with Gasteiger partial charge in [0.25, 0.3) is 5.91 Å². The van der Waals surface area contributed by atoms with Crippen LogP contribution in [-0.4, -0.2) is 95.0 Å². The Morgan fingerprint density at radius 1 is 0.904 bits per heavy atom. The number of hydrogen-bond acceptors (Lipinski definition) is 7. The molecule has 3 aliphatic rings. The van der Waals surface area contributed by atoms with Gasteiger partial charge in [-0.3, -0.25) is 33.7 Å². The fourth-order valence-corrected chi connectivity index (χ4v) is 7.34. The molecule has 52 heavy (non-hydrogen) atoms. The van der Waals surface area contributed by atoms with Crippen LogP contribution in [-0.2, 0) is 28.8 Å². The first-order valence-electron chi connectivity index (χ1n) is 18.9. The number of piperidine rings is 1. The monoisotopic (exact) mass is 728 g/mol. The maximum absolute atomic E-state index is 14.5. The highest BCUT2D eigenvalue weighted by Gasteiger charge is 2.48. The van der Waals surface area contributed by atoms with Gasteiger partial charge in [0, 0.05) is 32.5 Å². The lowest BCUT2D eigenvalue weighted by atomic mass is 9.80. The molecule has 7 amide bonds. The Balaban J connectivity index is 1.84. The second-order valence-corrected chi connectivity index (χ2v) is 18.4. The summed E-state index contributed by atoms with van der Waals surface area (Å²) < 4.78 is 0. The average Bonchev–Trinajstić information content (AvgIpc) is 3.44. The van der Waals surface area contributed by atoms with Crippen molar-refractivity contribution < 1.29 is 33.6 Å². The van der Waals surface area contributed by atoms with Gasteiger partial charge in [-0.15, -0.1) is 6.58 Å². The predicted octanol–water partition coefficient (Wildman–Crippen LogP) is 3.71. The molecule has 0 spiro atoms. The first-order valence-corrected chi connectivity index (χ1v) is 18.9. The minimum atomic E-state index is -1.05. The van der Waals surface area contributed by atoms with Gasteiger partial charge in [-0.05, 0) is 46.8 Å². The Morgan fingerprint density at radius 2 is 1.50 bits per heavy atom. The summed E-state index contributed by atoms with van der Waals surface area (Å²) in [6, 6.07) is -4.26. The fourth-order valence-electron chi connectivity index (χ4n) is 7.34. The van der Waals surface area contributed by atoms with Crippen LogP contribution in [0.1, 0.15) is 114 Å². The highest BCUT2D eigenvalue weighted by atomic mass is 16.2. The first-order chi connectivity index (χ1) is 24.0. The predicted molar refractivity (Wildman–Crippen MR) is 198 cm³/mol. The summed E-state index contributed by atoms with van der Waals surface area (Å²) >= 11 is 0. The van der Waals surface area contributed by atoms with E-state index in [4.69, 9.17) is 0 Å². The van der Waals surface area contributed by atoms with Crippen molar-refractivity contribution in [1.29, 1.82) is 0 Å². The van der Waals surface area contributed by atoms with E-state index < -0.39 is 69.9 Å². The Hall–Kier alpha value is -3.77. The number of ketones is 1. The summed E-state index contributed by atoms with van der Waals surface area (Å²) in [5.74, 6) is -3.01. The summed E-state index contributed by atoms with van der Waals surface area (Å²) in [5.41, 5.74) is -1.76. The summed E-state index contributed by atoms with van der Waals surface area (Å²) in [4.78, 5) is 97.1. The smallest absolute Gasteiger partial charge is 0.315 e. The lowest BCUT2D eigenvalue weighted by Gasteiger charge is -2.40. The van der Waals surface area contributed by atoms with E-state index in [0.717, 1.165) is 19.3 Å². The molecule has 1 unspecified atom stereocenters. The minimum Gasteiger partial charge on any atom is -0.346 e. The van der Waals surface area contributed by atoms with Gasteiger partial charge in [0.2, 0.25) is 29.4 Å². The molecule has 0 aromatic rings. The van der Waals surface area contributed by atoms with Crippen LogP contribution in [0.25, 0.3) is 0 Å². The zero-order chi connectivity index (χ0) is 39.3. The lowest BCUT2D eigenvalue weighted by Crippen LogP contribution is -2.63. The van der Waals surface area contributed by atoms with Crippen molar-refractivity contribution in [2.45, 2.75) is 138 Å². The molecular weight excluding hydrogens is 664 g/mol. The third-order valence-corrected chi connectivity index (χ3v) is 10.9. The number of carbonyl (C=O) groups is 7. The molecule has 5 atom stereocenters. The Kier molecular flexibility index (Phi) is 13.9. The largest absolute Gasteiger partial charge is 0.346 e. The number of nitrogens with one attached hydrogen (secondary N) is 4. The third kappa shape index (κ3) is 10.9. The number of rotatable bonds is 14. The van der Waals surface area contributed by atoms with Gasteiger partial charge in [-0.25, -0.2) is 4.79 Å². The lowest BCUT2D eigenvalue weighted by molar-refractivity contribution is -0.153. The van der Waals surface area contributed by atoms with Crippen molar-refractivity contribution in [3.8, 4) is 0 Å². The molecule has 0 aromatic carbocycles. The highest BCUT2D eigenvalue weighted by molar-refractivity contribution is 6.38. The van der Waals surface area contributed by atoms with Crippen LogP contribution in [0.3, 0.4) is 0 Å². The zero-order valence-electron chi connectivity index (χ0n) is 33.1. The number of urea groups is 1. The van der Waals surface area contributed by atoms with Gasteiger partial charge in [-0.1, -0.05) is 94.6 Å². The van der Waals surface area contributed by atoms with E-state index in [1.54, 1.807) is 0 Å². The molecule has 1 aliphatic carbocycles. The fraction of sp³-hybridized carbons (Fsp3) is 0.769. The molecule has 0 aromatic heterocycles. The van der Waals surface area contributed by atoms with Crippen LogP contribution in [0.2, 0.25) is 0 Å². The number of imide groups is 1. The Labute approximate surface area is 310 Å². The van der Waals surface area contributed by atoms with Crippen molar-refractivity contribution in [2.75, 3.05) is 19.6 Å². The van der Waals surface area contributed by atoms with Gasteiger partial charge in [0.05, 0.1) is 12.1 Å². The molecule has 0 bridgehead atoms. The summed E-state index contributed by atoms with van der Waals surface area (Å²) in [6.45, 7) is 22.9. The topological polar surface area (TPSA) is 174 Å². The van der Waals surface area contributed by atoms with Gasteiger partial charge >= 0.3 is 6.03 Å². The van der Waals surface area contributed by atoms with E-state index in [1.807, 2.05) is 69.2 Å². The minimum absolute atomic E-state index is 0.00437. The van der Waals surface area contributed by atoms with Crippen molar-refractivity contribution in [3.05, 3.63) is 12.7 Å². The summed E-state index contributed by atoms with van der Waals surface area (Å²) in [6.07, 6.45) is 5.66. The Morgan fingerprint density at radius 3 is 1.98 bits per heavy atom. The maximum Gasteiger partial charge on any atom is 0.315 e. The van der Waals surface area contributed by atoms with Gasteiger partial charge in [0.1, 0.15) is 12.1 Å². The van der Waals surface area contributed by atoms with Crippen molar-refractivity contribution in [2.24, 2.45) is 34.0 Å². The highest BCUT2D eigenvalue weighted by Crippen LogP contribution is 2.35. The van der Waals surface area contributed by atoms with Crippen molar-refractivity contribution in [3.63, 3.8) is 0 Å². The van der Waals surface area contributed by atoms with Crippen LogP contribution in [0.4, 0.5) is 4.79 Å². The summed E-state index contributed by atoms with van der Waals surface area (Å²) in [7, 11) is 0. The van der Waals surface area contributed by atoms with Crippen LogP contribution >= 0.6 is 0 Å². The Bertz CT molecular complexity index is 1370. The van der Waals surface area contributed by atoms with Crippen LogP contribution in [0.15, 0.2) is 12.7 Å². The van der Waals surface area contributed by atoms with Gasteiger partial charge in [0.15, 0.2) is 0 Å². The molecule has 292 valence electrons. The molecule has 13 heteroatoms. The average molecular weight is 729 g/mol. The quantitative estimate of drug-likeness (QED) is 0.120. The molecular formula is C39H64N6O7. The van der Waals surface area contributed by atoms with E-state index in [-0.39, 0.29) is 62.0 Å². The van der Waals surface area contributed by atoms with E-state index in [9.17, 15) is 33.6 Å². The second kappa shape index (κ2) is 16.9. The normalized spacial score (nSPS) is 22.6. The molecule has 2 aliphatic heterocycles. The molecule has 13 nitrogen and oxygen atoms in total. The number of carbonyl (C=O) groups excluding carboxylic acids is 7. The zero-order valence-corrected chi connectivity index (χ0v) is 33.1. The van der Waals surface area contributed by atoms with E-state index in [1.165, 1.54) is 15.9 Å². The molecule has 2 saturated heterocycles. The molecule has 3 rings (SSSR count). The maximum atomic E-state index is 14.5. The summed E-state index contributed by atoms with van der Waals surface area (Å²) in [5, 5.41) is 11.2. The molecule has 0 radical (unpaired) electrons. The van der Waals surface area contributed by atoms with Crippen molar-refractivity contribution in [1.82, 2.24) is 31.1 Å². The van der Waals surface area contributed by atoms with Gasteiger partial charge < -0.3 is 26.2 Å². The molecule has 1 saturated carbocycles. The van der Waals surface area contributed by atoms with E-state index >= 15 is 0 Å². The number of likely N-dealkylation sites (tertiary alicyclic amines) is 2. The van der Waals surface area contributed by atoms with E-state index in [0.29, 0.717) is 12.8 Å². The van der Waals surface area contributed by atoms with Crippen molar-refractivity contribution >= 4 is 41.4 Å². The SMILES string of the molecule is C=CCNC(=O)C(=O)C(CC1CCC1)NC(=O)[C@@H]1[C@@H](C(C)C)CCN1C(=O)[C@@H](NC(=O)N[C@H](CN1C(=O)CC(C)(C)CC1=O)C(C)(C)C)C(C)(C)C.